The predicted octanol–water partition coefficient (Wildman–Crippen LogP) is -0.973. The molecule has 72 valence electrons. The number of rotatable bonds is 5. The predicted molar refractivity (Wildman–Crippen MR) is 46.5 cm³/mol. The molecule has 0 unspecified atom stereocenters. The van der Waals surface area contributed by atoms with Crippen molar-refractivity contribution in [1.29, 1.82) is 0 Å². The number of aliphatic carboxylic acids is 1. The second-order valence-corrected chi connectivity index (χ2v) is 3.25. The summed E-state index contributed by atoms with van der Waals surface area (Å²) in [7, 11) is 3.82. The maximum Gasteiger partial charge on any atom is 0.338 e. The third-order valence-electron chi connectivity index (χ3n) is 1.59. The minimum Gasteiger partial charge on any atom is -0.479 e. The van der Waals surface area contributed by atoms with Crippen LogP contribution < -0.4 is 11.5 Å². The third kappa shape index (κ3) is 4.27. The summed E-state index contributed by atoms with van der Waals surface area (Å²) in [5.74, 6) is -1.15. The maximum absolute atomic E-state index is 10.4. The summed E-state index contributed by atoms with van der Waals surface area (Å²) in [6.07, 6.45) is 0.979. The van der Waals surface area contributed by atoms with Crippen LogP contribution in [0.25, 0.3) is 0 Å². The van der Waals surface area contributed by atoms with E-state index >= 15 is 0 Å². The summed E-state index contributed by atoms with van der Waals surface area (Å²) < 4.78 is 0. The fourth-order valence-electron chi connectivity index (χ4n) is 0.795. The van der Waals surface area contributed by atoms with E-state index < -0.39 is 11.6 Å². The van der Waals surface area contributed by atoms with Crippen LogP contribution in [0.4, 0.5) is 0 Å². The lowest BCUT2D eigenvalue weighted by molar-refractivity contribution is -0.143. The smallest absolute Gasteiger partial charge is 0.338 e. The molecule has 0 heterocycles. The number of carboxylic acid groups (broad SMARTS) is 1. The van der Waals surface area contributed by atoms with Crippen molar-refractivity contribution in [3.05, 3.63) is 0 Å². The first-order valence-electron chi connectivity index (χ1n) is 3.82. The Labute approximate surface area is 72.3 Å². The monoisotopic (exact) mass is 175 g/mol. The van der Waals surface area contributed by atoms with Gasteiger partial charge in [0.25, 0.3) is 0 Å². The quantitative estimate of drug-likeness (QED) is 0.467. The molecule has 0 saturated heterocycles. The number of hydrogen-bond donors (Lipinski definition) is 3. The molecule has 5 heteroatoms. The Bertz CT molecular complexity index is 157. The molecule has 12 heavy (non-hydrogen) atoms. The molecular formula is C7H17N3O2. The SMILES string of the molecule is CN(C)CCCC(N)(N)C(=O)O. The van der Waals surface area contributed by atoms with Gasteiger partial charge in [-0.05, 0) is 33.5 Å². The fourth-order valence-corrected chi connectivity index (χ4v) is 0.795. The van der Waals surface area contributed by atoms with Crippen LogP contribution >= 0.6 is 0 Å². The summed E-state index contributed by atoms with van der Waals surface area (Å²) in [6, 6.07) is 0. The number of nitrogens with zero attached hydrogens (tertiary/aromatic N) is 1. The van der Waals surface area contributed by atoms with E-state index in [1.807, 2.05) is 19.0 Å². The van der Waals surface area contributed by atoms with Gasteiger partial charge in [0.1, 0.15) is 0 Å². The Balaban J connectivity index is 3.69. The molecule has 0 aromatic heterocycles. The molecular weight excluding hydrogens is 158 g/mol. The van der Waals surface area contributed by atoms with Gasteiger partial charge >= 0.3 is 5.97 Å². The Morgan fingerprint density at radius 3 is 2.33 bits per heavy atom. The van der Waals surface area contributed by atoms with Gasteiger partial charge in [0.15, 0.2) is 5.66 Å². The van der Waals surface area contributed by atoms with Gasteiger partial charge in [-0.2, -0.15) is 0 Å². The minimum atomic E-state index is -1.57. The van der Waals surface area contributed by atoms with Gasteiger partial charge in [-0.25, -0.2) is 4.79 Å². The Morgan fingerprint density at radius 1 is 1.50 bits per heavy atom. The Hall–Kier alpha value is -0.650. The lowest BCUT2D eigenvalue weighted by atomic mass is 10.1. The fraction of sp³-hybridized carbons (Fsp3) is 0.857. The van der Waals surface area contributed by atoms with Gasteiger partial charge < -0.3 is 21.5 Å². The highest BCUT2D eigenvalue weighted by Crippen LogP contribution is 2.02. The van der Waals surface area contributed by atoms with Crippen LogP contribution in [0.3, 0.4) is 0 Å². The van der Waals surface area contributed by atoms with Gasteiger partial charge in [-0.1, -0.05) is 0 Å². The van der Waals surface area contributed by atoms with E-state index in [2.05, 4.69) is 0 Å². The van der Waals surface area contributed by atoms with Crippen LogP contribution in [0.2, 0.25) is 0 Å². The van der Waals surface area contributed by atoms with Crippen LogP contribution in [0.1, 0.15) is 12.8 Å². The summed E-state index contributed by atoms with van der Waals surface area (Å²) in [5.41, 5.74) is 9.04. The first-order valence-corrected chi connectivity index (χ1v) is 3.82. The zero-order valence-electron chi connectivity index (χ0n) is 7.58. The Kier molecular flexibility index (Phi) is 4.16. The molecule has 0 aromatic rings. The zero-order valence-corrected chi connectivity index (χ0v) is 7.58. The van der Waals surface area contributed by atoms with E-state index in [0.717, 1.165) is 6.54 Å². The van der Waals surface area contributed by atoms with Crippen molar-refractivity contribution in [2.45, 2.75) is 18.5 Å². The zero-order chi connectivity index (χ0) is 9.78. The van der Waals surface area contributed by atoms with Gasteiger partial charge in [-0.3, -0.25) is 0 Å². The molecule has 0 atom stereocenters. The summed E-state index contributed by atoms with van der Waals surface area (Å²) in [5, 5.41) is 8.54. The highest BCUT2D eigenvalue weighted by atomic mass is 16.4. The summed E-state index contributed by atoms with van der Waals surface area (Å²) in [4.78, 5) is 12.4. The van der Waals surface area contributed by atoms with E-state index in [0.29, 0.717) is 12.8 Å². The molecule has 0 rings (SSSR count). The van der Waals surface area contributed by atoms with Crippen molar-refractivity contribution in [1.82, 2.24) is 4.90 Å². The van der Waals surface area contributed by atoms with E-state index in [1.54, 1.807) is 0 Å². The van der Waals surface area contributed by atoms with Crippen LogP contribution in [0.15, 0.2) is 0 Å². The van der Waals surface area contributed by atoms with Crippen molar-refractivity contribution in [3.63, 3.8) is 0 Å². The van der Waals surface area contributed by atoms with Crippen LogP contribution in [-0.2, 0) is 4.79 Å². The van der Waals surface area contributed by atoms with Crippen LogP contribution in [0.5, 0.6) is 0 Å². The second kappa shape index (κ2) is 4.39. The Morgan fingerprint density at radius 2 is 2.00 bits per heavy atom. The average Bonchev–Trinajstić information content (AvgIpc) is 1.85. The molecule has 5 nitrogen and oxygen atoms in total. The van der Waals surface area contributed by atoms with Crippen molar-refractivity contribution in [3.8, 4) is 0 Å². The molecule has 0 saturated carbocycles. The number of carboxylic acids is 1. The minimum absolute atomic E-state index is 0.292. The third-order valence-corrected chi connectivity index (χ3v) is 1.59. The maximum atomic E-state index is 10.4. The first-order chi connectivity index (χ1) is 5.36. The molecule has 0 bridgehead atoms. The topological polar surface area (TPSA) is 92.6 Å². The van der Waals surface area contributed by atoms with Crippen molar-refractivity contribution >= 4 is 5.97 Å². The van der Waals surface area contributed by atoms with E-state index in [9.17, 15) is 4.79 Å². The average molecular weight is 175 g/mol. The van der Waals surface area contributed by atoms with E-state index in [4.69, 9.17) is 16.6 Å². The van der Waals surface area contributed by atoms with Crippen molar-refractivity contribution < 1.29 is 9.90 Å². The molecule has 0 aliphatic heterocycles. The molecule has 0 radical (unpaired) electrons. The first kappa shape index (κ1) is 11.4. The summed E-state index contributed by atoms with van der Waals surface area (Å²) in [6.45, 7) is 0.795. The molecule has 0 aliphatic carbocycles. The molecule has 0 aliphatic rings. The molecule has 0 aromatic carbocycles. The van der Waals surface area contributed by atoms with Gasteiger partial charge in [0, 0.05) is 0 Å². The highest BCUT2D eigenvalue weighted by molar-refractivity contribution is 5.77. The molecule has 5 N–H and O–H groups in total. The van der Waals surface area contributed by atoms with Crippen molar-refractivity contribution in [2.75, 3.05) is 20.6 Å². The van der Waals surface area contributed by atoms with Crippen LogP contribution in [0, 0.1) is 0 Å². The number of nitrogens with two attached hydrogens (primary N) is 2. The van der Waals surface area contributed by atoms with Gasteiger partial charge in [0.2, 0.25) is 0 Å². The van der Waals surface area contributed by atoms with Crippen molar-refractivity contribution in [2.24, 2.45) is 11.5 Å². The lowest BCUT2D eigenvalue weighted by Crippen LogP contribution is -2.56. The number of carbonyl (C=O) groups is 1. The van der Waals surface area contributed by atoms with Crippen LogP contribution in [-0.4, -0.2) is 42.3 Å². The molecule has 0 amide bonds. The standard InChI is InChI=1S/C7H17N3O2/c1-10(2)5-3-4-7(8,9)6(11)12/h3-5,8-9H2,1-2H3,(H,11,12). The second-order valence-electron chi connectivity index (χ2n) is 3.25. The van der Waals surface area contributed by atoms with E-state index in [-0.39, 0.29) is 0 Å². The summed E-state index contributed by atoms with van der Waals surface area (Å²) >= 11 is 0. The highest BCUT2D eigenvalue weighted by Gasteiger charge is 2.27. The molecule has 0 spiro atoms. The molecule has 0 fully saturated rings. The van der Waals surface area contributed by atoms with Gasteiger partial charge in [0.05, 0.1) is 0 Å². The van der Waals surface area contributed by atoms with Gasteiger partial charge in [-0.15, -0.1) is 0 Å². The number of hydrogen-bond acceptors (Lipinski definition) is 4. The largest absolute Gasteiger partial charge is 0.479 e. The normalized spacial score (nSPS) is 12.1. The lowest BCUT2D eigenvalue weighted by Gasteiger charge is -2.19. The van der Waals surface area contributed by atoms with E-state index in [1.165, 1.54) is 0 Å².